The van der Waals surface area contributed by atoms with Crippen molar-refractivity contribution in [3.63, 3.8) is 0 Å². The number of rotatable bonds is 3. The largest absolute Gasteiger partial charge is 0.334 e. The average Bonchev–Trinajstić information content (AvgIpc) is 2.99. The molecule has 2 N–H and O–H groups in total. The molecule has 0 saturated carbocycles. The third-order valence-corrected chi connectivity index (χ3v) is 4.81. The highest BCUT2D eigenvalue weighted by molar-refractivity contribution is 5.74. The number of hydrogen-bond donors (Lipinski definition) is 2. The molecule has 0 saturated heterocycles. The van der Waals surface area contributed by atoms with Crippen LogP contribution in [0.1, 0.15) is 40.9 Å². The summed E-state index contributed by atoms with van der Waals surface area (Å²) in [6.45, 7) is 6.77. The smallest absolute Gasteiger partial charge is 0.315 e. The van der Waals surface area contributed by atoms with Crippen LogP contribution in [0.5, 0.6) is 0 Å². The maximum atomic E-state index is 12.3. The summed E-state index contributed by atoms with van der Waals surface area (Å²) >= 11 is 0. The number of urea groups is 1. The zero-order valence-electron chi connectivity index (χ0n) is 14.2. The van der Waals surface area contributed by atoms with Gasteiger partial charge in [0.2, 0.25) is 0 Å². The SMILES string of the molecule is Cc1ccc2c(c1)[C@@H](NC(=O)NCc1cnn(C)c1C)[C@@H](C)C2. The first kappa shape index (κ1) is 15.6. The van der Waals surface area contributed by atoms with E-state index in [1.807, 2.05) is 18.7 Å². The Kier molecular flexibility index (Phi) is 4.11. The van der Waals surface area contributed by atoms with Crippen molar-refractivity contribution < 1.29 is 4.79 Å². The maximum Gasteiger partial charge on any atom is 0.315 e. The van der Waals surface area contributed by atoms with E-state index in [4.69, 9.17) is 0 Å². The molecule has 0 spiro atoms. The first-order valence-electron chi connectivity index (χ1n) is 8.07. The first-order valence-corrected chi connectivity index (χ1v) is 8.07. The summed E-state index contributed by atoms with van der Waals surface area (Å²) in [6, 6.07) is 6.47. The maximum absolute atomic E-state index is 12.3. The van der Waals surface area contributed by atoms with Crippen molar-refractivity contribution in [1.29, 1.82) is 0 Å². The number of carbonyl (C=O) groups is 1. The Morgan fingerprint density at radius 1 is 1.39 bits per heavy atom. The molecule has 0 unspecified atom stereocenters. The highest BCUT2D eigenvalue weighted by atomic mass is 16.2. The van der Waals surface area contributed by atoms with Crippen molar-refractivity contribution in [3.05, 3.63) is 52.3 Å². The van der Waals surface area contributed by atoms with E-state index in [0.29, 0.717) is 12.5 Å². The standard InChI is InChI=1S/C18H24N4O/c1-11-5-6-14-8-12(2)17(16(14)7-11)21-18(23)19-9-15-10-20-22(4)13(15)3/h5-7,10,12,17H,8-9H2,1-4H3,(H2,19,21,23)/t12-,17-/m0/s1. The number of nitrogens with zero attached hydrogens (tertiary/aromatic N) is 2. The number of aryl methyl sites for hydroxylation is 2. The first-order chi connectivity index (χ1) is 11.0. The molecule has 2 amide bonds. The molecule has 5 heteroatoms. The minimum absolute atomic E-state index is 0.0832. The van der Waals surface area contributed by atoms with Crippen LogP contribution in [0.3, 0.4) is 0 Å². The van der Waals surface area contributed by atoms with Crippen LogP contribution in [0.4, 0.5) is 4.79 Å². The van der Waals surface area contributed by atoms with Crippen LogP contribution < -0.4 is 10.6 Å². The summed E-state index contributed by atoms with van der Waals surface area (Å²) in [5.41, 5.74) is 5.94. The molecular formula is C18H24N4O. The molecule has 1 aromatic heterocycles. The zero-order chi connectivity index (χ0) is 16.6. The molecule has 0 bridgehead atoms. The van der Waals surface area contributed by atoms with E-state index in [1.54, 1.807) is 6.20 Å². The van der Waals surface area contributed by atoms with E-state index in [2.05, 4.69) is 47.8 Å². The minimum Gasteiger partial charge on any atom is -0.334 e. The molecule has 1 aromatic carbocycles. The number of aromatic nitrogens is 2. The quantitative estimate of drug-likeness (QED) is 0.915. The van der Waals surface area contributed by atoms with Gasteiger partial charge in [-0.05, 0) is 37.3 Å². The predicted molar refractivity (Wildman–Crippen MR) is 90.1 cm³/mol. The van der Waals surface area contributed by atoms with E-state index >= 15 is 0 Å². The van der Waals surface area contributed by atoms with Crippen molar-refractivity contribution in [3.8, 4) is 0 Å². The highest BCUT2D eigenvalue weighted by Crippen LogP contribution is 2.36. The van der Waals surface area contributed by atoms with Gasteiger partial charge in [-0.1, -0.05) is 30.7 Å². The third-order valence-electron chi connectivity index (χ3n) is 4.81. The summed E-state index contributed by atoms with van der Waals surface area (Å²) in [4.78, 5) is 12.3. The Morgan fingerprint density at radius 3 is 2.87 bits per heavy atom. The summed E-state index contributed by atoms with van der Waals surface area (Å²) in [5, 5.41) is 10.3. The van der Waals surface area contributed by atoms with Crippen LogP contribution in [0.2, 0.25) is 0 Å². The van der Waals surface area contributed by atoms with Crippen molar-refractivity contribution in [2.45, 2.75) is 39.8 Å². The van der Waals surface area contributed by atoms with E-state index in [-0.39, 0.29) is 12.1 Å². The molecule has 1 aliphatic carbocycles. The molecule has 1 aliphatic rings. The lowest BCUT2D eigenvalue weighted by Crippen LogP contribution is -2.38. The second-order valence-corrected chi connectivity index (χ2v) is 6.57. The molecule has 3 rings (SSSR count). The number of amides is 2. The lowest BCUT2D eigenvalue weighted by molar-refractivity contribution is 0.233. The number of hydrogen-bond acceptors (Lipinski definition) is 2. The molecule has 0 fully saturated rings. The van der Waals surface area contributed by atoms with Crippen molar-refractivity contribution in [2.24, 2.45) is 13.0 Å². The fraction of sp³-hybridized carbons (Fsp3) is 0.444. The lowest BCUT2D eigenvalue weighted by atomic mass is 10.0. The van der Waals surface area contributed by atoms with E-state index in [0.717, 1.165) is 17.7 Å². The second kappa shape index (κ2) is 6.07. The molecule has 2 aromatic rings. The number of nitrogens with one attached hydrogen (secondary N) is 2. The summed E-state index contributed by atoms with van der Waals surface area (Å²) in [7, 11) is 1.90. The van der Waals surface area contributed by atoms with Crippen LogP contribution >= 0.6 is 0 Å². The molecule has 2 atom stereocenters. The fourth-order valence-corrected chi connectivity index (χ4v) is 3.27. The van der Waals surface area contributed by atoms with Gasteiger partial charge in [-0.15, -0.1) is 0 Å². The molecular weight excluding hydrogens is 288 g/mol. The Hall–Kier alpha value is -2.30. The third kappa shape index (κ3) is 3.09. The second-order valence-electron chi connectivity index (χ2n) is 6.57. The van der Waals surface area contributed by atoms with Gasteiger partial charge in [0.15, 0.2) is 0 Å². The van der Waals surface area contributed by atoms with Crippen LogP contribution in [-0.2, 0) is 20.0 Å². The van der Waals surface area contributed by atoms with Gasteiger partial charge in [0.25, 0.3) is 0 Å². The molecule has 5 nitrogen and oxygen atoms in total. The van der Waals surface area contributed by atoms with E-state index < -0.39 is 0 Å². The van der Waals surface area contributed by atoms with Gasteiger partial charge in [0, 0.05) is 24.8 Å². The monoisotopic (exact) mass is 312 g/mol. The Morgan fingerprint density at radius 2 is 2.17 bits per heavy atom. The predicted octanol–water partition coefficient (Wildman–Crippen LogP) is 2.77. The number of fused-ring (bicyclic) bond motifs is 1. The van der Waals surface area contributed by atoms with Crippen LogP contribution in [-0.4, -0.2) is 15.8 Å². The molecule has 0 aliphatic heterocycles. The topological polar surface area (TPSA) is 59.0 Å². The van der Waals surface area contributed by atoms with E-state index in [9.17, 15) is 4.79 Å². The number of benzene rings is 1. The normalized spacial score (nSPS) is 19.5. The van der Waals surface area contributed by atoms with Gasteiger partial charge in [-0.2, -0.15) is 5.10 Å². The zero-order valence-corrected chi connectivity index (χ0v) is 14.2. The fourth-order valence-electron chi connectivity index (χ4n) is 3.27. The summed E-state index contributed by atoms with van der Waals surface area (Å²) in [6.07, 6.45) is 2.81. The average molecular weight is 312 g/mol. The van der Waals surface area contributed by atoms with Gasteiger partial charge < -0.3 is 10.6 Å². The van der Waals surface area contributed by atoms with Crippen molar-refractivity contribution in [2.75, 3.05) is 0 Å². The van der Waals surface area contributed by atoms with Gasteiger partial charge in [0.1, 0.15) is 0 Å². The highest BCUT2D eigenvalue weighted by Gasteiger charge is 2.30. The Balaban J connectivity index is 1.64. The van der Waals surface area contributed by atoms with Gasteiger partial charge in [-0.3, -0.25) is 4.68 Å². The van der Waals surface area contributed by atoms with Gasteiger partial charge in [-0.25, -0.2) is 4.79 Å². The Bertz CT molecular complexity index is 735. The van der Waals surface area contributed by atoms with Gasteiger partial charge >= 0.3 is 6.03 Å². The van der Waals surface area contributed by atoms with Crippen LogP contribution in [0, 0.1) is 19.8 Å². The summed E-state index contributed by atoms with van der Waals surface area (Å²) < 4.78 is 1.81. The van der Waals surface area contributed by atoms with Crippen molar-refractivity contribution in [1.82, 2.24) is 20.4 Å². The van der Waals surface area contributed by atoms with Crippen molar-refractivity contribution >= 4 is 6.03 Å². The molecule has 122 valence electrons. The molecule has 0 radical (unpaired) electrons. The van der Waals surface area contributed by atoms with Gasteiger partial charge in [0.05, 0.1) is 12.2 Å². The number of carbonyl (C=O) groups excluding carboxylic acids is 1. The molecule has 1 heterocycles. The van der Waals surface area contributed by atoms with Crippen LogP contribution in [0.25, 0.3) is 0 Å². The minimum atomic E-state index is -0.126. The summed E-state index contributed by atoms with van der Waals surface area (Å²) in [5.74, 6) is 0.415. The van der Waals surface area contributed by atoms with Crippen LogP contribution in [0.15, 0.2) is 24.4 Å². The molecule has 23 heavy (non-hydrogen) atoms. The Labute approximate surface area is 137 Å². The lowest BCUT2D eigenvalue weighted by Gasteiger charge is -2.19. The van der Waals surface area contributed by atoms with E-state index in [1.165, 1.54) is 16.7 Å².